The van der Waals surface area contributed by atoms with Crippen LogP contribution in [-0.2, 0) is 22.3 Å². The van der Waals surface area contributed by atoms with Crippen LogP contribution >= 0.6 is 0 Å². The molecule has 1 aliphatic carbocycles. The van der Waals surface area contributed by atoms with Gasteiger partial charge < -0.3 is 9.47 Å². The second-order valence-corrected chi connectivity index (χ2v) is 7.13. The molecule has 1 atom stereocenters. The van der Waals surface area contributed by atoms with Gasteiger partial charge in [-0.1, -0.05) is 12.1 Å². The quantitative estimate of drug-likeness (QED) is 0.746. The smallest absolute Gasteiger partial charge is 0.341 e. The molecule has 1 fully saturated rings. The first-order valence-electron chi connectivity index (χ1n) is 9.21. The fraction of sp³-hybridized carbons (Fsp3) is 0.650. The first kappa shape index (κ1) is 17.4. The number of hydrogen-bond donors (Lipinski definition) is 0. The first-order chi connectivity index (χ1) is 11.6. The van der Waals surface area contributed by atoms with Gasteiger partial charge in [0, 0.05) is 13.0 Å². The molecule has 2 aliphatic rings. The van der Waals surface area contributed by atoms with Crippen molar-refractivity contribution in [2.45, 2.75) is 71.0 Å². The van der Waals surface area contributed by atoms with Crippen molar-refractivity contribution in [1.29, 1.82) is 0 Å². The second-order valence-electron chi connectivity index (χ2n) is 7.13. The van der Waals surface area contributed by atoms with Crippen LogP contribution in [0.4, 0.5) is 4.39 Å². The Morgan fingerprint density at radius 2 is 2.00 bits per heavy atom. The number of benzene rings is 1. The van der Waals surface area contributed by atoms with Gasteiger partial charge in [-0.25, -0.2) is 9.18 Å². The Morgan fingerprint density at radius 3 is 2.71 bits per heavy atom. The zero-order valence-corrected chi connectivity index (χ0v) is 14.6. The third-order valence-electron chi connectivity index (χ3n) is 5.35. The minimum Gasteiger partial charge on any atom is -0.459 e. The molecule has 4 heteroatoms. The van der Waals surface area contributed by atoms with E-state index in [-0.39, 0.29) is 17.5 Å². The van der Waals surface area contributed by atoms with E-state index in [1.54, 1.807) is 0 Å². The Bertz CT molecular complexity index is 591. The lowest BCUT2D eigenvalue weighted by molar-refractivity contribution is 0.0247. The van der Waals surface area contributed by atoms with E-state index in [4.69, 9.17) is 9.47 Å². The zero-order chi connectivity index (χ0) is 17.1. The van der Waals surface area contributed by atoms with Crippen molar-refractivity contribution in [1.82, 2.24) is 0 Å². The van der Waals surface area contributed by atoms with Crippen LogP contribution in [0.5, 0.6) is 0 Å². The highest BCUT2D eigenvalue weighted by Crippen LogP contribution is 2.31. The highest BCUT2D eigenvalue weighted by Gasteiger charge is 2.28. The zero-order valence-electron chi connectivity index (χ0n) is 14.6. The number of hydrogen-bond acceptors (Lipinski definition) is 3. The molecule has 1 aromatic carbocycles. The molecule has 0 N–H and O–H groups in total. The lowest BCUT2D eigenvalue weighted by Gasteiger charge is -2.28. The molecule has 1 aromatic rings. The molecule has 132 valence electrons. The van der Waals surface area contributed by atoms with E-state index in [9.17, 15) is 9.18 Å². The lowest BCUT2D eigenvalue weighted by Crippen LogP contribution is -2.27. The number of carbonyl (C=O) groups excluding carboxylic acids is 1. The molecular weight excluding hydrogens is 307 g/mol. The van der Waals surface area contributed by atoms with Gasteiger partial charge in [0.15, 0.2) is 0 Å². The van der Waals surface area contributed by atoms with Gasteiger partial charge in [0.05, 0.1) is 11.7 Å². The predicted molar refractivity (Wildman–Crippen MR) is 90.7 cm³/mol. The van der Waals surface area contributed by atoms with Crippen LogP contribution in [-0.4, -0.2) is 24.8 Å². The molecular formula is C20H27FO3. The summed E-state index contributed by atoms with van der Waals surface area (Å²) in [6, 6.07) is 3.75. The minimum atomic E-state index is -0.514. The largest absolute Gasteiger partial charge is 0.459 e. The minimum absolute atomic E-state index is 0.158. The monoisotopic (exact) mass is 334 g/mol. The standard InChI is InChI=1S/C20H27FO3/c1-3-23-17-10-5-14(6-11-17)4-7-15-8-9-16-12-13(2)24-20(22)18(16)19(15)21/h8-9,13-14,17H,3-7,10-12H2,1-2H3. The van der Waals surface area contributed by atoms with Gasteiger partial charge in [0.1, 0.15) is 11.9 Å². The van der Waals surface area contributed by atoms with E-state index < -0.39 is 5.97 Å². The molecule has 3 nitrogen and oxygen atoms in total. The Morgan fingerprint density at radius 1 is 1.25 bits per heavy atom. The van der Waals surface area contributed by atoms with Crippen molar-refractivity contribution in [2.24, 2.45) is 5.92 Å². The Hall–Kier alpha value is -1.42. The number of esters is 1. The van der Waals surface area contributed by atoms with Crippen molar-refractivity contribution in [3.05, 3.63) is 34.6 Å². The van der Waals surface area contributed by atoms with Crippen LogP contribution in [0.2, 0.25) is 0 Å². The fourth-order valence-corrected chi connectivity index (χ4v) is 4.02. The third-order valence-corrected chi connectivity index (χ3v) is 5.35. The van der Waals surface area contributed by atoms with Gasteiger partial charge in [0.2, 0.25) is 0 Å². The summed E-state index contributed by atoms with van der Waals surface area (Å²) in [6.07, 6.45) is 7.00. The average Bonchev–Trinajstić information content (AvgIpc) is 2.55. The van der Waals surface area contributed by atoms with E-state index in [2.05, 4.69) is 0 Å². The fourth-order valence-electron chi connectivity index (χ4n) is 4.02. The second kappa shape index (κ2) is 7.64. The van der Waals surface area contributed by atoms with Gasteiger partial charge in [0.25, 0.3) is 0 Å². The summed E-state index contributed by atoms with van der Waals surface area (Å²) in [7, 11) is 0. The maximum absolute atomic E-state index is 14.7. The van der Waals surface area contributed by atoms with E-state index in [1.165, 1.54) is 0 Å². The number of fused-ring (bicyclic) bond motifs is 1. The van der Waals surface area contributed by atoms with Crippen molar-refractivity contribution < 1.29 is 18.7 Å². The van der Waals surface area contributed by atoms with Crippen molar-refractivity contribution in [3.8, 4) is 0 Å². The van der Waals surface area contributed by atoms with Crippen LogP contribution in [0.25, 0.3) is 0 Å². The van der Waals surface area contributed by atoms with Crippen LogP contribution in [0.1, 0.15) is 67.4 Å². The molecule has 0 amide bonds. The molecule has 3 rings (SSSR count). The van der Waals surface area contributed by atoms with Crippen LogP contribution in [0.15, 0.2) is 12.1 Å². The summed E-state index contributed by atoms with van der Waals surface area (Å²) in [5, 5.41) is 0. The van der Waals surface area contributed by atoms with Gasteiger partial charge in [-0.15, -0.1) is 0 Å². The number of halogens is 1. The summed E-state index contributed by atoms with van der Waals surface area (Å²) in [4.78, 5) is 12.0. The molecule has 1 saturated carbocycles. The summed E-state index contributed by atoms with van der Waals surface area (Å²) >= 11 is 0. The number of carbonyl (C=O) groups is 1. The Labute approximate surface area is 143 Å². The van der Waals surface area contributed by atoms with E-state index in [0.29, 0.717) is 30.4 Å². The summed E-state index contributed by atoms with van der Waals surface area (Å²) in [6.45, 7) is 4.66. The van der Waals surface area contributed by atoms with Gasteiger partial charge in [-0.3, -0.25) is 0 Å². The highest BCUT2D eigenvalue weighted by atomic mass is 19.1. The molecule has 0 spiro atoms. The highest BCUT2D eigenvalue weighted by molar-refractivity contribution is 5.92. The van der Waals surface area contributed by atoms with E-state index in [1.807, 2.05) is 26.0 Å². The molecule has 0 saturated heterocycles. The normalized spacial score (nSPS) is 26.8. The number of rotatable bonds is 5. The SMILES string of the molecule is CCOC1CCC(CCc2ccc3c(c2F)C(=O)OC(C)C3)CC1. The number of cyclic esters (lactones) is 1. The van der Waals surface area contributed by atoms with Crippen molar-refractivity contribution in [2.75, 3.05) is 6.61 Å². The van der Waals surface area contributed by atoms with Gasteiger partial charge >= 0.3 is 5.97 Å². The topological polar surface area (TPSA) is 35.5 Å². The molecule has 24 heavy (non-hydrogen) atoms. The Balaban J connectivity index is 1.61. The third kappa shape index (κ3) is 3.80. The van der Waals surface area contributed by atoms with Crippen LogP contribution < -0.4 is 0 Å². The summed E-state index contributed by atoms with van der Waals surface area (Å²) in [5.41, 5.74) is 1.58. The van der Waals surface area contributed by atoms with Crippen LogP contribution in [0.3, 0.4) is 0 Å². The van der Waals surface area contributed by atoms with E-state index >= 15 is 0 Å². The average molecular weight is 334 g/mol. The van der Waals surface area contributed by atoms with Crippen molar-refractivity contribution >= 4 is 5.97 Å². The number of ether oxygens (including phenoxy) is 2. The molecule has 0 bridgehead atoms. The number of aryl methyl sites for hydroxylation is 1. The maximum atomic E-state index is 14.7. The summed E-state index contributed by atoms with van der Waals surface area (Å²) < 4.78 is 25.6. The maximum Gasteiger partial charge on any atom is 0.341 e. The predicted octanol–water partition coefficient (Wildman–Crippen LogP) is 4.46. The molecule has 1 unspecified atom stereocenters. The molecule has 1 aliphatic heterocycles. The van der Waals surface area contributed by atoms with Gasteiger partial charge in [-0.2, -0.15) is 0 Å². The lowest BCUT2D eigenvalue weighted by atomic mass is 9.83. The molecule has 0 radical (unpaired) electrons. The van der Waals surface area contributed by atoms with Gasteiger partial charge in [-0.05, 0) is 69.4 Å². The summed E-state index contributed by atoms with van der Waals surface area (Å²) in [5.74, 6) is -0.253. The first-order valence-corrected chi connectivity index (χ1v) is 9.21. The molecule has 1 heterocycles. The molecule has 0 aromatic heterocycles. The Kier molecular flexibility index (Phi) is 5.54. The van der Waals surface area contributed by atoms with E-state index in [0.717, 1.165) is 44.3 Å². The van der Waals surface area contributed by atoms with Crippen molar-refractivity contribution in [3.63, 3.8) is 0 Å². The van der Waals surface area contributed by atoms with Crippen LogP contribution in [0, 0.1) is 11.7 Å².